The fourth-order valence-corrected chi connectivity index (χ4v) is 4.68. The quantitative estimate of drug-likeness (QED) is 0.900. The summed E-state index contributed by atoms with van der Waals surface area (Å²) in [5.41, 5.74) is 3.21. The minimum absolute atomic E-state index is 0.143. The lowest BCUT2D eigenvalue weighted by Gasteiger charge is -2.36. The molecule has 1 aliphatic heterocycles. The summed E-state index contributed by atoms with van der Waals surface area (Å²) in [5, 5.41) is 11.9. The van der Waals surface area contributed by atoms with Crippen LogP contribution in [0.2, 0.25) is 0 Å². The van der Waals surface area contributed by atoms with E-state index in [9.17, 15) is 5.11 Å². The zero-order chi connectivity index (χ0) is 18.5. The van der Waals surface area contributed by atoms with Crippen molar-refractivity contribution in [2.75, 3.05) is 13.6 Å². The molecule has 1 aliphatic carbocycles. The second-order valence-corrected chi connectivity index (χ2v) is 8.76. The smallest absolute Gasteiger partial charge is 0.117 e. The van der Waals surface area contributed by atoms with Gasteiger partial charge in [0.05, 0.1) is 11.7 Å². The third kappa shape index (κ3) is 2.88. The first-order chi connectivity index (χ1) is 12.3. The highest BCUT2D eigenvalue weighted by Crippen LogP contribution is 2.50. The molecule has 0 aromatic heterocycles. The Morgan fingerprint density at radius 3 is 2.12 bits per heavy atom. The van der Waals surface area contributed by atoms with E-state index in [0.29, 0.717) is 6.42 Å². The summed E-state index contributed by atoms with van der Waals surface area (Å²) >= 11 is 0. The number of fused-ring (bicyclic) bond motifs is 3. The summed E-state index contributed by atoms with van der Waals surface area (Å²) < 4.78 is 6.36. The first-order valence-corrected chi connectivity index (χ1v) is 9.59. The summed E-state index contributed by atoms with van der Waals surface area (Å²) in [4.78, 5) is 2.35. The van der Waals surface area contributed by atoms with Crippen molar-refractivity contribution in [3.8, 4) is 11.1 Å². The van der Waals surface area contributed by atoms with Crippen LogP contribution in [0.4, 0.5) is 0 Å². The van der Waals surface area contributed by atoms with Gasteiger partial charge in [0.1, 0.15) is 5.60 Å². The summed E-state index contributed by atoms with van der Waals surface area (Å²) in [6, 6.07) is 16.7. The van der Waals surface area contributed by atoms with Crippen molar-refractivity contribution in [3.05, 3.63) is 59.7 Å². The second-order valence-electron chi connectivity index (χ2n) is 8.76. The van der Waals surface area contributed by atoms with Crippen molar-refractivity contribution in [1.82, 2.24) is 4.90 Å². The van der Waals surface area contributed by atoms with E-state index in [1.807, 2.05) is 12.1 Å². The molecule has 138 valence electrons. The van der Waals surface area contributed by atoms with E-state index >= 15 is 0 Å². The highest BCUT2D eigenvalue weighted by molar-refractivity contribution is 5.80. The monoisotopic (exact) mass is 351 g/mol. The molecule has 1 heterocycles. The minimum Gasteiger partial charge on any atom is -0.380 e. The fourth-order valence-electron chi connectivity index (χ4n) is 4.68. The Balaban J connectivity index is 1.73. The molecule has 3 nitrogen and oxygen atoms in total. The zero-order valence-electron chi connectivity index (χ0n) is 16.2. The number of aliphatic hydroxyl groups is 1. The lowest BCUT2D eigenvalue weighted by molar-refractivity contribution is -0.0827. The van der Waals surface area contributed by atoms with Crippen molar-refractivity contribution < 1.29 is 9.84 Å². The standard InChI is InChI=1S/C23H29NO2/c1-22(2,3)26-21-13-14-24(4)20(21)15-23(25)18-11-7-5-9-16(18)17-10-6-8-12-19(17)23/h5-12,20-21,25H,13-15H2,1-4H3/t20-,21-/m0/s1. The summed E-state index contributed by atoms with van der Waals surface area (Å²) in [5.74, 6) is 0. The van der Waals surface area contributed by atoms with Crippen LogP contribution >= 0.6 is 0 Å². The molecule has 26 heavy (non-hydrogen) atoms. The van der Waals surface area contributed by atoms with Gasteiger partial charge in [0.25, 0.3) is 0 Å². The Kier molecular flexibility index (Phi) is 4.22. The average Bonchev–Trinajstić information content (AvgIpc) is 3.05. The van der Waals surface area contributed by atoms with Gasteiger partial charge in [-0.05, 0) is 56.5 Å². The number of likely N-dealkylation sites (N-methyl/N-ethyl adjacent to an activating group) is 1. The molecule has 4 rings (SSSR count). The van der Waals surface area contributed by atoms with Crippen LogP contribution in [-0.2, 0) is 10.3 Å². The van der Waals surface area contributed by atoms with Gasteiger partial charge in [-0.3, -0.25) is 0 Å². The van der Waals surface area contributed by atoms with Crippen LogP contribution in [0.15, 0.2) is 48.5 Å². The van der Waals surface area contributed by atoms with Crippen LogP contribution in [0.25, 0.3) is 11.1 Å². The molecule has 1 fully saturated rings. The van der Waals surface area contributed by atoms with Gasteiger partial charge >= 0.3 is 0 Å². The number of likely N-dealkylation sites (tertiary alicyclic amines) is 1. The van der Waals surface area contributed by atoms with Gasteiger partial charge in [0, 0.05) is 19.0 Å². The van der Waals surface area contributed by atoms with Gasteiger partial charge in [-0.25, -0.2) is 0 Å². The van der Waals surface area contributed by atoms with Crippen molar-refractivity contribution in [1.29, 1.82) is 0 Å². The van der Waals surface area contributed by atoms with Gasteiger partial charge in [-0.1, -0.05) is 48.5 Å². The summed E-state index contributed by atoms with van der Waals surface area (Å²) in [6.45, 7) is 7.33. The fraction of sp³-hybridized carbons (Fsp3) is 0.478. The predicted molar refractivity (Wildman–Crippen MR) is 105 cm³/mol. The molecule has 0 unspecified atom stereocenters. The van der Waals surface area contributed by atoms with E-state index in [4.69, 9.17) is 4.74 Å². The molecule has 0 spiro atoms. The minimum atomic E-state index is -0.962. The molecule has 0 amide bonds. The maximum atomic E-state index is 11.9. The Labute approximate surface area is 156 Å². The van der Waals surface area contributed by atoms with Crippen molar-refractivity contribution in [2.45, 2.75) is 57.0 Å². The number of rotatable bonds is 3. The Morgan fingerprint density at radius 2 is 1.58 bits per heavy atom. The van der Waals surface area contributed by atoms with Gasteiger partial charge in [-0.2, -0.15) is 0 Å². The zero-order valence-corrected chi connectivity index (χ0v) is 16.2. The van der Waals surface area contributed by atoms with Crippen molar-refractivity contribution in [2.24, 2.45) is 0 Å². The van der Waals surface area contributed by atoms with Gasteiger partial charge in [0.2, 0.25) is 0 Å². The van der Waals surface area contributed by atoms with Crippen LogP contribution < -0.4 is 0 Å². The molecule has 0 saturated carbocycles. The molecule has 1 N–H and O–H groups in total. The molecule has 0 bridgehead atoms. The summed E-state index contributed by atoms with van der Waals surface area (Å²) in [7, 11) is 2.15. The van der Waals surface area contributed by atoms with Crippen LogP contribution in [0, 0.1) is 0 Å². The number of hydrogen-bond donors (Lipinski definition) is 1. The summed E-state index contributed by atoms with van der Waals surface area (Å²) in [6.07, 6.45) is 1.81. The molecule has 3 heteroatoms. The predicted octanol–water partition coefficient (Wildman–Crippen LogP) is 4.18. The van der Waals surface area contributed by atoms with Crippen LogP contribution in [0.3, 0.4) is 0 Å². The third-order valence-electron chi connectivity index (χ3n) is 5.81. The maximum Gasteiger partial charge on any atom is 0.117 e. The molecule has 0 radical (unpaired) electrons. The van der Waals surface area contributed by atoms with Crippen molar-refractivity contribution >= 4 is 0 Å². The van der Waals surface area contributed by atoms with Gasteiger partial charge in [-0.15, -0.1) is 0 Å². The van der Waals surface area contributed by atoms with E-state index in [-0.39, 0.29) is 17.7 Å². The third-order valence-corrected chi connectivity index (χ3v) is 5.81. The van der Waals surface area contributed by atoms with Crippen LogP contribution in [-0.4, -0.2) is 41.3 Å². The van der Waals surface area contributed by atoms with Crippen LogP contribution in [0.1, 0.15) is 44.7 Å². The lowest BCUT2D eigenvalue weighted by Crippen LogP contribution is -2.43. The lowest BCUT2D eigenvalue weighted by atomic mass is 9.84. The average molecular weight is 351 g/mol. The highest BCUT2D eigenvalue weighted by Gasteiger charge is 2.47. The van der Waals surface area contributed by atoms with E-state index in [0.717, 1.165) is 35.2 Å². The van der Waals surface area contributed by atoms with Crippen LogP contribution in [0.5, 0.6) is 0 Å². The largest absolute Gasteiger partial charge is 0.380 e. The normalized spacial score (nSPS) is 24.5. The first kappa shape index (κ1) is 17.7. The molecule has 2 aromatic rings. The number of ether oxygens (including phenoxy) is 1. The Morgan fingerprint density at radius 1 is 1.04 bits per heavy atom. The SMILES string of the molecule is CN1CC[C@H](OC(C)(C)C)[C@@H]1CC1(O)c2ccccc2-c2ccccc21. The maximum absolute atomic E-state index is 11.9. The molecular weight excluding hydrogens is 322 g/mol. The number of nitrogens with zero attached hydrogens (tertiary/aromatic N) is 1. The van der Waals surface area contributed by atoms with E-state index in [1.54, 1.807) is 0 Å². The highest BCUT2D eigenvalue weighted by atomic mass is 16.5. The molecule has 2 aromatic carbocycles. The molecular formula is C23H29NO2. The first-order valence-electron chi connectivity index (χ1n) is 9.59. The van der Waals surface area contributed by atoms with Crippen molar-refractivity contribution in [3.63, 3.8) is 0 Å². The Hall–Kier alpha value is -1.68. The van der Waals surface area contributed by atoms with Gasteiger partial charge < -0.3 is 14.7 Å². The Bertz CT molecular complexity index is 762. The van der Waals surface area contributed by atoms with E-state index in [2.05, 4.69) is 69.1 Å². The number of benzene rings is 2. The molecule has 1 saturated heterocycles. The van der Waals surface area contributed by atoms with E-state index < -0.39 is 5.60 Å². The second kappa shape index (κ2) is 6.19. The molecule has 2 aliphatic rings. The van der Waals surface area contributed by atoms with Gasteiger partial charge in [0.15, 0.2) is 0 Å². The number of hydrogen-bond acceptors (Lipinski definition) is 3. The van der Waals surface area contributed by atoms with E-state index in [1.165, 1.54) is 0 Å². The molecule has 2 atom stereocenters. The topological polar surface area (TPSA) is 32.7 Å².